The number of rotatable bonds is 7. The highest BCUT2D eigenvalue weighted by Gasteiger charge is 2.29. The van der Waals surface area contributed by atoms with Crippen LogP contribution in [0.4, 0.5) is 0 Å². The highest BCUT2D eigenvalue weighted by atomic mass is 32.2. The van der Waals surface area contributed by atoms with Crippen LogP contribution in [-0.2, 0) is 4.79 Å². The van der Waals surface area contributed by atoms with E-state index in [0.29, 0.717) is 0 Å². The molecule has 21 heavy (non-hydrogen) atoms. The fourth-order valence-corrected chi connectivity index (χ4v) is 3.51. The van der Waals surface area contributed by atoms with E-state index >= 15 is 0 Å². The van der Waals surface area contributed by atoms with Gasteiger partial charge < -0.3 is 20.6 Å². The van der Waals surface area contributed by atoms with Crippen molar-refractivity contribution in [3.8, 4) is 0 Å². The van der Waals surface area contributed by atoms with E-state index in [0.717, 1.165) is 14.6 Å². The lowest BCUT2D eigenvalue weighted by Gasteiger charge is -2.28. The van der Waals surface area contributed by atoms with Crippen molar-refractivity contribution in [2.45, 2.75) is 9.88 Å². The molecule has 1 heterocycles. The van der Waals surface area contributed by atoms with Gasteiger partial charge in [0.1, 0.15) is 5.54 Å². The molecule has 0 spiro atoms. The number of aromatic nitrogens is 1. The molecule has 0 saturated carbocycles. The minimum absolute atomic E-state index is 0.0988. The summed E-state index contributed by atoms with van der Waals surface area (Å²) < 4.78 is 1.82. The second-order valence-corrected chi connectivity index (χ2v) is 6.79. The van der Waals surface area contributed by atoms with Crippen LogP contribution < -0.4 is 5.32 Å². The van der Waals surface area contributed by atoms with E-state index in [1.165, 1.54) is 23.1 Å². The van der Waals surface area contributed by atoms with Crippen molar-refractivity contribution in [1.82, 2.24) is 10.3 Å². The molecule has 1 aromatic carbocycles. The Morgan fingerprint density at radius 2 is 1.90 bits per heavy atom. The molecule has 0 radical (unpaired) electrons. The SMILES string of the molecule is O=C(CSc1nc2ccccc2s1)NC(CO)(CO)CO. The summed E-state index contributed by atoms with van der Waals surface area (Å²) in [6.45, 7) is -1.59. The Labute approximate surface area is 129 Å². The first-order valence-electron chi connectivity index (χ1n) is 6.24. The van der Waals surface area contributed by atoms with Gasteiger partial charge in [-0.15, -0.1) is 11.3 Å². The standard InChI is InChI=1S/C13H16N2O4S2/c16-6-13(7-17,8-18)15-11(19)5-20-12-14-9-3-1-2-4-10(9)21-12/h1-4,16-18H,5-8H2,(H,15,19). The minimum Gasteiger partial charge on any atom is -0.394 e. The number of para-hydroxylation sites is 1. The van der Waals surface area contributed by atoms with Crippen LogP contribution in [0.3, 0.4) is 0 Å². The Balaban J connectivity index is 1.94. The predicted molar refractivity (Wildman–Crippen MR) is 82.5 cm³/mol. The zero-order valence-electron chi connectivity index (χ0n) is 11.2. The van der Waals surface area contributed by atoms with Crippen LogP contribution in [0, 0.1) is 0 Å². The van der Waals surface area contributed by atoms with Crippen molar-refractivity contribution in [3.63, 3.8) is 0 Å². The number of carbonyl (C=O) groups excluding carboxylic acids is 1. The summed E-state index contributed by atoms with van der Waals surface area (Å²) in [4.78, 5) is 16.2. The van der Waals surface area contributed by atoms with Crippen molar-refractivity contribution in [2.24, 2.45) is 0 Å². The third-order valence-corrected chi connectivity index (χ3v) is 5.09. The molecule has 114 valence electrons. The van der Waals surface area contributed by atoms with Gasteiger partial charge >= 0.3 is 0 Å². The quantitative estimate of drug-likeness (QED) is 0.542. The van der Waals surface area contributed by atoms with E-state index in [2.05, 4.69) is 10.3 Å². The molecular weight excluding hydrogens is 312 g/mol. The average Bonchev–Trinajstić information content (AvgIpc) is 2.94. The molecule has 2 aromatic rings. The molecular formula is C13H16N2O4S2. The van der Waals surface area contributed by atoms with Crippen molar-refractivity contribution in [1.29, 1.82) is 0 Å². The van der Waals surface area contributed by atoms with Gasteiger partial charge in [0.15, 0.2) is 4.34 Å². The maximum Gasteiger partial charge on any atom is 0.231 e. The van der Waals surface area contributed by atoms with Crippen LogP contribution in [0.5, 0.6) is 0 Å². The Morgan fingerprint density at radius 3 is 2.52 bits per heavy atom. The second kappa shape index (κ2) is 7.19. The third kappa shape index (κ3) is 3.92. The average molecular weight is 328 g/mol. The largest absolute Gasteiger partial charge is 0.394 e. The van der Waals surface area contributed by atoms with Crippen LogP contribution in [0.1, 0.15) is 0 Å². The van der Waals surface area contributed by atoms with E-state index in [1.54, 1.807) is 0 Å². The summed E-state index contributed by atoms with van der Waals surface area (Å²) in [5.41, 5.74) is -0.494. The maximum absolute atomic E-state index is 11.8. The van der Waals surface area contributed by atoms with E-state index in [4.69, 9.17) is 15.3 Å². The van der Waals surface area contributed by atoms with E-state index < -0.39 is 25.4 Å². The lowest BCUT2D eigenvalue weighted by molar-refractivity contribution is -0.122. The fourth-order valence-electron chi connectivity index (χ4n) is 1.64. The molecule has 1 aromatic heterocycles. The molecule has 0 atom stereocenters. The number of thiazole rings is 1. The molecule has 2 rings (SSSR count). The molecule has 0 aliphatic carbocycles. The first-order valence-corrected chi connectivity index (χ1v) is 8.04. The van der Waals surface area contributed by atoms with E-state index in [-0.39, 0.29) is 11.7 Å². The minimum atomic E-state index is -1.38. The van der Waals surface area contributed by atoms with Crippen LogP contribution in [0.15, 0.2) is 28.6 Å². The van der Waals surface area contributed by atoms with Gasteiger partial charge in [-0.05, 0) is 12.1 Å². The molecule has 0 saturated heterocycles. The summed E-state index contributed by atoms with van der Waals surface area (Å²) in [7, 11) is 0. The maximum atomic E-state index is 11.8. The Kier molecular flexibility index (Phi) is 5.54. The number of hydrogen-bond acceptors (Lipinski definition) is 7. The van der Waals surface area contributed by atoms with Gasteiger partial charge in [0.05, 0.1) is 35.8 Å². The zero-order chi connectivity index (χ0) is 15.3. The molecule has 0 aliphatic rings. The van der Waals surface area contributed by atoms with Crippen LogP contribution in [-0.4, -0.2) is 57.3 Å². The summed E-state index contributed by atoms with van der Waals surface area (Å²) in [5, 5.41) is 29.9. The number of carbonyl (C=O) groups is 1. The Morgan fingerprint density at radius 1 is 1.24 bits per heavy atom. The molecule has 8 heteroatoms. The highest BCUT2D eigenvalue weighted by Crippen LogP contribution is 2.29. The summed E-state index contributed by atoms with van der Waals surface area (Å²) in [5.74, 6) is -0.280. The number of amides is 1. The molecule has 1 amide bonds. The fraction of sp³-hybridized carbons (Fsp3) is 0.385. The first kappa shape index (κ1) is 16.2. The number of aliphatic hydroxyl groups is 3. The predicted octanol–water partition coefficient (Wildman–Crippen LogP) is 0.220. The van der Waals surface area contributed by atoms with Crippen molar-refractivity contribution in [3.05, 3.63) is 24.3 Å². The summed E-state index contributed by atoms with van der Waals surface area (Å²) >= 11 is 2.78. The summed E-state index contributed by atoms with van der Waals surface area (Å²) in [6.07, 6.45) is 0. The van der Waals surface area contributed by atoms with Crippen molar-refractivity contribution >= 4 is 39.2 Å². The van der Waals surface area contributed by atoms with Gasteiger partial charge in [-0.3, -0.25) is 4.79 Å². The second-order valence-electron chi connectivity index (χ2n) is 4.54. The lowest BCUT2D eigenvalue weighted by Crippen LogP contribution is -2.57. The first-order chi connectivity index (χ1) is 10.1. The van der Waals surface area contributed by atoms with Gasteiger partial charge in [0.2, 0.25) is 5.91 Å². The number of thioether (sulfide) groups is 1. The molecule has 0 bridgehead atoms. The number of fused-ring (bicyclic) bond motifs is 1. The highest BCUT2D eigenvalue weighted by molar-refractivity contribution is 8.01. The number of nitrogens with zero attached hydrogens (tertiary/aromatic N) is 1. The van der Waals surface area contributed by atoms with Crippen LogP contribution >= 0.6 is 23.1 Å². The van der Waals surface area contributed by atoms with Crippen molar-refractivity contribution in [2.75, 3.05) is 25.6 Å². The molecule has 0 fully saturated rings. The van der Waals surface area contributed by atoms with E-state index in [9.17, 15) is 4.79 Å². The Hall–Kier alpha value is -1.19. The van der Waals surface area contributed by atoms with Gasteiger partial charge in [0, 0.05) is 0 Å². The zero-order valence-corrected chi connectivity index (χ0v) is 12.8. The van der Waals surface area contributed by atoms with Gasteiger partial charge in [-0.2, -0.15) is 0 Å². The molecule has 6 nitrogen and oxygen atoms in total. The van der Waals surface area contributed by atoms with Gasteiger partial charge in [-0.1, -0.05) is 23.9 Å². The lowest BCUT2D eigenvalue weighted by atomic mass is 10.0. The van der Waals surface area contributed by atoms with E-state index in [1.807, 2.05) is 24.3 Å². The monoisotopic (exact) mass is 328 g/mol. The number of nitrogens with one attached hydrogen (secondary N) is 1. The topological polar surface area (TPSA) is 103 Å². The number of aliphatic hydroxyl groups excluding tert-OH is 3. The third-order valence-electron chi connectivity index (χ3n) is 2.91. The van der Waals surface area contributed by atoms with Crippen molar-refractivity contribution < 1.29 is 20.1 Å². The van der Waals surface area contributed by atoms with Crippen LogP contribution in [0.25, 0.3) is 10.2 Å². The summed E-state index contributed by atoms with van der Waals surface area (Å²) in [6, 6.07) is 7.71. The van der Waals surface area contributed by atoms with Gasteiger partial charge in [0.25, 0.3) is 0 Å². The molecule has 4 N–H and O–H groups in total. The molecule has 0 aliphatic heterocycles. The smallest absolute Gasteiger partial charge is 0.231 e. The molecule has 0 unspecified atom stereocenters. The Bertz CT molecular complexity index is 572. The number of hydrogen-bond donors (Lipinski definition) is 4. The number of benzene rings is 1. The normalized spacial score (nSPS) is 11.8. The van der Waals surface area contributed by atoms with Crippen LogP contribution in [0.2, 0.25) is 0 Å². The van der Waals surface area contributed by atoms with Gasteiger partial charge in [-0.25, -0.2) is 4.98 Å².